The number of hydrogen-bond donors (Lipinski definition) is 3. The monoisotopic (exact) mass is 523 g/mol. The van der Waals surface area contributed by atoms with Crippen molar-refractivity contribution < 1.29 is 13.6 Å². The number of pyridine rings is 2. The van der Waals surface area contributed by atoms with Crippen molar-refractivity contribution in [3.63, 3.8) is 0 Å². The number of fused-ring (bicyclic) bond motifs is 2. The molecule has 10 heteroatoms. The second-order valence-electron chi connectivity index (χ2n) is 9.68. The third-order valence-electron chi connectivity index (χ3n) is 6.34. The summed E-state index contributed by atoms with van der Waals surface area (Å²) >= 11 is 0. The van der Waals surface area contributed by atoms with Gasteiger partial charge in [-0.3, -0.25) is 19.9 Å². The van der Waals surface area contributed by atoms with E-state index in [1.54, 1.807) is 48.8 Å². The third kappa shape index (κ3) is 4.61. The van der Waals surface area contributed by atoms with E-state index in [0.29, 0.717) is 62.6 Å². The van der Waals surface area contributed by atoms with Crippen LogP contribution in [-0.4, -0.2) is 36.0 Å². The number of hydrogen-bond acceptors (Lipinski definition) is 5. The molecule has 0 saturated heterocycles. The zero-order chi connectivity index (χ0) is 27.1. The summed E-state index contributed by atoms with van der Waals surface area (Å²) in [5, 5.41) is 10.3. The van der Waals surface area contributed by atoms with Crippen molar-refractivity contribution in [2.45, 2.75) is 20.3 Å². The number of nitrogens with one attached hydrogen (secondary N) is 3. The number of anilines is 1. The van der Waals surface area contributed by atoms with E-state index in [4.69, 9.17) is 4.98 Å². The first-order chi connectivity index (χ1) is 18.9. The number of amides is 1. The van der Waals surface area contributed by atoms with Crippen LogP contribution >= 0.6 is 0 Å². The first kappa shape index (κ1) is 24.4. The lowest BCUT2D eigenvalue weighted by molar-refractivity contribution is -0.116. The van der Waals surface area contributed by atoms with Crippen LogP contribution in [0.1, 0.15) is 20.3 Å². The molecular formula is C29H23F2N7O. The SMILES string of the molecule is CC(C)CC(=O)Nc1cncc(-c2ccc3[nH]nc(-c4nc5c(-c6ccc(F)cc6)nccc5[nH]4)c3c2F)c1. The Morgan fingerprint density at radius 3 is 2.59 bits per heavy atom. The maximum atomic E-state index is 16.1. The Bertz CT molecular complexity index is 1840. The zero-order valence-corrected chi connectivity index (χ0v) is 21.1. The number of aromatic amines is 2. The molecule has 0 bridgehead atoms. The van der Waals surface area contributed by atoms with E-state index in [1.807, 2.05) is 13.8 Å². The predicted octanol–water partition coefficient (Wildman–Crippen LogP) is 6.49. The first-order valence-electron chi connectivity index (χ1n) is 12.4. The molecule has 0 saturated carbocycles. The number of carbonyl (C=O) groups excluding carboxylic acids is 1. The molecule has 194 valence electrons. The summed E-state index contributed by atoms with van der Waals surface area (Å²) in [6.07, 6.45) is 5.08. The number of halogens is 2. The van der Waals surface area contributed by atoms with Gasteiger partial charge in [0, 0.05) is 35.5 Å². The fourth-order valence-electron chi connectivity index (χ4n) is 4.57. The van der Waals surface area contributed by atoms with Gasteiger partial charge in [-0.2, -0.15) is 5.10 Å². The molecule has 0 aliphatic rings. The highest BCUT2D eigenvalue weighted by Crippen LogP contribution is 2.35. The van der Waals surface area contributed by atoms with Crippen molar-refractivity contribution in [3.05, 3.63) is 78.8 Å². The molecular weight excluding hydrogens is 500 g/mol. The lowest BCUT2D eigenvalue weighted by atomic mass is 10.0. The average molecular weight is 524 g/mol. The van der Waals surface area contributed by atoms with E-state index in [-0.39, 0.29) is 23.0 Å². The number of aromatic nitrogens is 6. The maximum absolute atomic E-state index is 16.1. The molecule has 0 radical (unpaired) electrons. The smallest absolute Gasteiger partial charge is 0.224 e. The van der Waals surface area contributed by atoms with Crippen LogP contribution < -0.4 is 5.32 Å². The van der Waals surface area contributed by atoms with Gasteiger partial charge in [0.15, 0.2) is 5.82 Å². The van der Waals surface area contributed by atoms with Crippen LogP contribution in [0.15, 0.2) is 67.1 Å². The standard InChI is InChI=1S/C29H23F2N7O/c1-15(2)11-23(39)34-19-12-17(13-32-14-19)20-7-8-21-24(25(20)31)28(38-37-21)29-35-22-9-10-33-26(27(22)36-29)16-3-5-18(30)6-4-16/h3-10,12-15H,11H2,1-2H3,(H,34,39)(H,35,36)(H,37,38). The summed E-state index contributed by atoms with van der Waals surface area (Å²) < 4.78 is 29.5. The molecule has 6 aromatic rings. The van der Waals surface area contributed by atoms with E-state index in [2.05, 4.69) is 30.5 Å². The summed E-state index contributed by atoms with van der Waals surface area (Å²) in [7, 11) is 0. The van der Waals surface area contributed by atoms with Gasteiger partial charge >= 0.3 is 0 Å². The van der Waals surface area contributed by atoms with Crippen molar-refractivity contribution in [2.75, 3.05) is 5.32 Å². The molecule has 0 aliphatic carbocycles. The van der Waals surface area contributed by atoms with Crippen LogP contribution in [0.3, 0.4) is 0 Å². The molecule has 39 heavy (non-hydrogen) atoms. The molecule has 4 aromatic heterocycles. The van der Waals surface area contributed by atoms with Gasteiger partial charge in [-0.15, -0.1) is 0 Å². The molecule has 6 rings (SSSR count). The van der Waals surface area contributed by atoms with Crippen LogP contribution in [0.5, 0.6) is 0 Å². The van der Waals surface area contributed by atoms with E-state index < -0.39 is 5.82 Å². The second-order valence-corrected chi connectivity index (χ2v) is 9.68. The number of H-pyrrole nitrogens is 2. The Kier molecular flexibility index (Phi) is 6.07. The lowest BCUT2D eigenvalue weighted by Crippen LogP contribution is -2.14. The van der Waals surface area contributed by atoms with Crippen LogP contribution in [0.25, 0.3) is 55.8 Å². The van der Waals surface area contributed by atoms with Crippen molar-refractivity contribution in [2.24, 2.45) is 5.92 Å². The molecule has 2 aromatic carbocycles. The van der Waals surface area contributed by atoms with Gasteiger partial charge in [0.1, 0.15) is 22.8 Å². The van der Waals surface area contributed by atoms with E-state index in [1.165, 1.54) is 18.3 Å². The lowest BCUT2D eigenvalue weighted by Gasteiger charge is -2.09. The summed E-state index contributed by atoms with van der Waals surface area (Å²) in [5.41, 5.74) is 4.62. The number of nitrogens with zero attached hydrogens (tertiary/aromatic N) is 4. The second kappa shape index (κ2) is 9.71. The van der Waals surface area contributed by atoms with E-state index in [0.717, 1.165) is 0 Å². The van der Waals surface area contributed by atoms with Gasteiger partial charge in [0.05, 0.1) is 34.0 Å². The van der Waals surface area contributed by atoms with Crippen molar-refractivity contribution in [1.29, 1.82) is 0 Å². The van der Waals surface area contributed by atoms with Crippen LogP contribution in [-0.2, 0) is 4.79 Å². The Balaban J connectivity index is 1.41. The molecule has 0 aliphatic heterocycles. The Labute approximate surface area is 221 Å². The molecule has 3 N–H and O–H groups in total. The molecule has 4 heterocycles. The van der Waals surface area contributed by atoms with E-state index in [9.17, 15) is 9.18 Å². The summed E-state index contributed by atoms with van der Waals surface area (Å²) in [6.45, 7) is 3.92. The molecule has 0 unspecified atom stereocenters. The Hall–Kier alpha value is -4.99. The van der Waals surface area contributed by atoms with Gasteiger partial charge in [-0.05, 0) is 54.4 Å². The van der Waals surface area contributed by atoms with Gasteiger partial charge in [-0.25, -0.2) is 13.8 Å². The molecule has 0 fully saturated rings. The Morgan fingerprint density at radius 1 is 0.974 bits per heavy atom. The minimum atomic E-state index is -0.499. The average Bonchev–Trinajstić information content (AvgIpc) is 3.54. The van der Waals surface area contributed by atoms with Crippen molar-refractivity contribution >= 4 is 33.5 Å². The fourth-order valence-corrected chi connectivity index (χ4v) is 4.57. The summed E-state index contributed by atoms with van der Waals surface area (Å²) in [5.74, 6) is -0.406. The molecule has 0 atom stereocenters. The molecule has 1 amide bonds. The topological polar surface area (TPSA) is 112 Å². The predicted molar refractivity (Wildman–Crippen MR) is 146 cm³/mol. The van der Waals surface area contributed by atoms with Crippen molar-refractivity contribution in [3.8, 4) is 33.9 Å². The highest BCUT2D eigenvalue weighted by molar-refractivity contribution is 5.98. The minimum Gasteiger partial charge on any atom is -0.336 e. The maximum Gasteiger partial charge on any atom is 0.224 e. The largest absolute Gasteiger partial charge is 0.336 e. The normalized spacial score (nSPS) is 11.5. The highest BCUT2D eigenvalue weighted by Gasteiger charge is 2.21. The van der Waals surface area contributed by atoms with Gasteiger partial charge in [0.2, 0.25) is 5.91 Å². The van der Waals surface area contributed by atoms with Crippen LogP contribution in [0.4, 0.5) is 14.5 Å². The minimum absolute atomic E-state index is 0.128. The van der Waals surface area contributed by atoms with Crippen LogP contribution in [0.2, 0.25) is 0 Å². The number of carbonyl (C=O) groups is 1. The fraction of sp³-hybridized carbons (Fsp3) is 0.138. The van der Waals surface area contributed by atoms with E-state index >= 15 is 4.39 Å². The zero-order valence-electron chi connectivity index (χ0n) is 21.1. The number of imidazole rings is 1. The first-order valence-corrected chi connectivity index (χ1v) is 12.4. The summed E-state index contributed by atoms with van der Waals surface area (Å²) in [4.78, 5) is 28.8. The number of benzene rings is 2. The Morgan fingerprint density at radius 2 is 1.79 bits per heavy atom. The van der Waals surface area contributed by atoms with Gasteiger partial charge in [-0.1, -0.05) is 13.8 Å². The van der Waals surface area contributed by atoms with Gasteiger partial charge < -0.3 is 10.3 Å². The highest BCUT2D eigenvalue weighted by atomic mass is 19.1. The van der Waals surface area contributed by atoms with Crippen molar-refractivity contribution in [1.82, 2.24) is 30.1 Å². The molecule has 8 nitrogen and oxygen atoms in total. The summed E-state index contributed by atoms with van der Waals surface area (Å²) in [6, 6.07) is 12.8. The third-order valence-corrected chi connectivity index (χ3v) is 6.34. The van der Waals surface area contributed by atoms with Crippen LogP contribution in [0, 0.1) is 17.6 Å². The van der Waals surface area contributed by atoms with Gasteiger partial charge in [0.25, 0.3) is 0 Å². The quantitative estimate of drug-likeness (QED) is 0.231. The molecule has 0 spiro atoms. The number of rotatable bonds is 6.